The van der Waals surface area contributed by atoms with Gasteiger partial charge in [-0.25, -0.2) is 4.98 Å². The van der Waals surface area contributed by atoms with Crippen LogP contribution in [0.25, 0.3) is 11.0 Å². The van der Waals surface area contributed by atoms with Crippen molar-refractivity contribution in [1.82, 2.24) is 9.55 Å². The highest BCUT2D eigenvalue weighted by atomic mass is 16.5. The summed E-state index contributed by atoms with van der Waals surface area (Å²) in [6.45, 7) is 5.10. The fraction of sp³-hybridized carbons (Fsp3) is 0.467. The maximum absolute atomic E-state index is 11.4. The lowest BCUT2D eigenvalue weighted by atomic mass is 10.2. The SMILES string of the molecule is CCOC(=O)CCCn1c(CC)nc2cc(N)ccc21. The molecule has 0 atom stereocenters. The lowest BCUT2D eigenvalue weighted by Crippen LogP contribution is -2.08. The second-order valence-corrected chi connectivity index (χ2v) is 4.69. The quantitative estimate of drug-likeness (QED) is 0.649. The van der Waals surface area contributed by atoms with E-state index in [0.29, 0.717) is 13.0 Å². The summed E-state index contributed by atoms with van der Waals surface area (Å²) < 4.78 is 7.10. The third-order valence-electron chi connectivity index (χ3n) is 3.24. The molecule has 0 bridgehead atoms. The van der Waals surface area contributed by atoms with Gasteiger partial charge in [-0.15, -0.1) is 0 Å². The van der Waals surface area contributed by atoms with Crippen molar-refractivity contribution in [1.29, 1.82) is 0 Å². The number of fused-ring (bicyclic) bond motifs is 1. The molecule has 2 N–H and O–H groups in total. The number of anilines is 1. The van der Waals surface area contributed by atoms with Crippen LogP contribution in [0, 0.1) is 0 Å². The maximum Gasteiger partial charge on any atom is 0.305 e. The number of carbonyl (C=O) groups is 1. The summed E-state index contributed by atoms with van der Waals surface area (Å²) in [4.78, 5) is 16.0. The highest BCUT2D eigenvalue weighted by Crippen LogP contribution is 2.20. The molecule has 2 rings (SSSR count). The fourth-order valence-electron chi connectivity index (χ4n) is 2.33. The summed E-state index contributed by atoms with van der Waals surface area (Å²) in [6, 6.07) is 5.75. The van der Waals surface area contributed by atoms with Crippen LogP contribution in [0.3, 0.4) is 0 Å². The van der Waals surface area contributed by atoms with Gasteiger partial charge in [-0.1, -0.05) is 6.92 Å². The molecule has 1 aromatic heterocycles. The normalized spacial score (nSPS) is 10.9. The minimum Gasteiger partial charge on any atom is -0.466 e. The highest BCUT2D eigenvalue weighted by Gasteiger charge is 2.10. The monoisotopic (exact) mass is 275 g/mol. The van der Waals surface area contributed by atoms with Gasteiger partial charge in [-0.3, -0.25) is 4.79 Å². The highest BCUT2D eigenvalue weighted by molar-refractivity contribution is 5.79. The second-order valence-electron chi connectivity index (χ2n) is 4.69. The molecule has 0 saturated carbocycles. The van der Waals surface area contributed by atoms with Gasteiger partial charge in [0.15, 0.2) is 0 Å². The Labute approximate surface area is 118 Å². The number of imidazole rings is 1. The van der Waals surface area contributed by atoms with Crippen molar-refractivity contribution in [3.05, 3.63) is 24.0 Å². The largest absolute Gasteiger partial charge is 0.466 e. The van der Waals surface area contributed by atoms with Gasteiger partial charge in [0.1, 0.15) is 5.82 Å². The minimum atomic E-state index is -0.140. The molecule has 0 fully saturated rings. The van der Waals surface area contributed by atoms with Crippen LogP contribution in [0.5, 0.6) is 0 Å². The Hall–Kier alpha value is -2.04. The first-order chi connectivity index (χ1) is 9.65. The van der Waals surface area contributed by atoms with Gasteiger partial charge in [0.2, 0.25) is 0 Å². The lowest BCUT2D eigenvalue weighted by molar-refractivity contribution is -0.143. The molecule has 0 aliphatic rings. The van der Waals surface area contributed by atoms with E-state index < -0.39 is 0 Å². The first-order valence-corrected chi connectivity index (χ1v) is 7.06. The number of aryl methyl sites for hydroxylation is 2. The topological polar surface area (TPSA) is 70.1 Å². The van der Waals surface area contributed by atoms with Crippen molar-refractivity contribution >= 4 is 22.7 Å². The zero-order chi connectivity index (χ0) is 14.5. The number of nitrogen functional groups attached to an aromatic ring is 1. The average molecular weight is 275 g/mol. The van der Waals surface area contributed by atoms with Crippen LogP contribution < -0.4 is 5.73 Å². The summed E-state index contributed by atoms with van der Waals surface area (Å²) in [5.41, 5.74) is 8.49. The molecule has 0 aliphatic heterocycles. The standard InChI is InChI=1S/C15H21N3O2/c1-3-14-17-12-10-11(16)7-8-13(12)18(14)9-5-6-15(19)20-4-2/h7-8,10H,3-6,9,16H2,1-2H3. The summed E-state index contributed by atoms with van der Waals surface area (Å²) >= 11 is 0. The summed E-state index contributed by atoms with van der Waals surface area (Å²) in [6.07, 6.45) is 2.04. The number of nitrogens with two attached hydrogens (primary N) is 1. The molecule has 108 valence electrons. The van der Waals surface area contributed by atoms with Crippen molar-refractivity contribution in [3.63, 3.8) is 0 Å². The van der Waals surface area contributed by atoms with Gasteiger partial charge in [-0.05, 0) is 31.5 Å². The first-order valence-electron chi connectivity index (χ1n) is 7.06. The maximum atomic E-state index is 11.4. The molecular weight excluding hydrogens is 254 g/mol. The number of hydrogen-bond donors (Lipinski definition) is 1. The summed E-state index contributed by atoms with van der Waals surface area (Å²) in [5, 5.41) is 0. The Bertz CT molecular complexity index is 604. The number of esters is 1. The van der Waals surface area contributed by atoms with E-state index in [1.807, 2.05) is 25.1 Å². The van der Waals surface area contributed by atoms with Gasteiger partial charge >= 0.3 is 5.97 Å². The number of rotatable bonds is 6. The Morgan fingerprint density at radius 1 is 1.40 bits per heavy atom. The lowest BCUT2D eigenvalue weighted by Gasteiger charge is -2.08. The summed E-state index contributed by atoms with van der Waals surface area (Å²) in [5.74, 6) is 0.883. The van der Waals surface area contributed by atoms with E-state index >= 15 is 0 Å². The Kier molecular flexibility index (Phi) is 4.61. The molecule has 20 heavy (non-hydrogen) atoms. The second kappa shape index (κ2) is 6.41. The average Bonchev–Trinajstić information content (AvgIpc) is 2.76. The molecule has 0 amide bonds. The molecule has 0 saturated heterocycles. The molecule has 1 aromatic carbocycles. The van der Waals surface area contributed by atoms with Crippen LogP contribution in [0.15, 0.2) is 18.2 Å². The van der Waals surface area contributed by atoms with Crippen LogP contribution in [0.4, 0.5) is 5.69 Å². The van der Waals surface area contributed by atoms with Crippen molar-refractivity contribution in [2.45, 2.75) is 39.7 Å². The molecular formula is C15H21N3O2. The van der Waals surface area contributed by atoms with Gasteiger partial charge in [-0.2, -0.15) is 0 Å². The van der Waals surface area contributed by atoms with Crippen molar-refractivity contribution in [2.24, 2.45) is 0 Å². The van der Waals surface area contributed by atoms with Crippen molar-refractivity contribution < 1.29 is 9.53 Å². The van der Waals surface area contributed by atoms with Crippen LogP contribution >= 0.6 is 0 Å². The van der Waals surface area contributed by atoms with Crippen LogP contribution in [0.1, 0.15) is 32.5 Å². The zero-order valence-corrected chi connectivity index (χ0v) is 12.1. The van der Waals surface area contributed by atoms with Crippen molar-refractivity contribution in [3.8, 4) is 0 Å². The molecule has 0 radical (unpaired) electrons. The minimum absolute atomic E-state index is 0.140. The third-order valence-corrected chi connectivity index (χ3v) is 3.24. The van der Waals surface area contributed by atoms with E-state index in [2.05, 4.69) is 16.5 Å². The zero-order valence-electron chi connectivity index (χ0n) is 12.1. The molecule has 5 heteroatoms. The Morgan fingerprint density at radius 3 is 2.90 bits per heavy atom. The Morgan fingerprint density at radius 2 is 2.20 bits per heavy atom. The number of aromatic nitrogens is 2. The van der Waals surface area contributed by atoms with Gasteiger partial charge in [0, 0.05) is 25.1 Å². The smallest absolute Gasteiger partial charge is 0.305 e. The molecule has 0 unspecified atom stereocenters. The molecule has 5 nitrogen and oxygen atoms in total. The van der Waals surface area contributed by atoms with E-state index in [9.17, 15) is 4.79 Å². The van der Waals surface area contributed by atoms with Crippen molar-refractivity contribution in [2.75, 3.05) is 12.3 Å². The fourth-order valence-corrected chi connectivity index (χ4v) is 2.33. The molecule has 1 heterocycles. The predicted molar refractivity (Wildman–Crippen MR) is 79.4 cm³/mol. The predicted octanol–water partition coefficient (Wildman–Crippen LogP) is 2.52. The van der Waals surface area contributed by atoms with E-state index in [-0.39, 0.29) is 5.97 Å². The van der Waals surface area contributed by atoms with Gasteiger partial charge in [0.05, 0.1) is 17.6 Å². The van der Waals surface area contributed by atoms with Crippen LogP contribution in [-0.2, 0) is 22.5 Å². The van der Waals surface area contributed by atoms with E-state index in [1.165, 1.54) is 0 Å². The van der Waals surface area contributed by atoms with Crippen LogP contribution in [0.2, 0.25) is 0 Å². The number of carbonyl (C=O) groups excluding carboxylic acids is 1. The number of nitrogens with zero attached hydrogens (tertiary/aromatic N) is 2. The van der Waals surface area contributed by atoms with Crippen LogP contribution in [-0.4, -0.2) is 22.1 Å². The van der Waals surface area contributed by atoms with Gasteiger partial charge < -0.3 is 15.0 Å². The molecule has 0 spiro atoms. The molecule has 2 aromatic rings. The van der Waals surface area contributed by atoms with E-state index in [1.54, 1.807) is 0 Å². The molecule has 0 aliphatic carbocycles. The summed E-state index contributed by atoms with van der Waals surface area (Å²) in [7, 11) is 0. The first kappa shape index (κ1) is 14.4. The number of benzene rings is 1. The van der Waals surface area contributed by atoms with E-state index in [0.717, 1.165) is 41.9 Å². The number of hydrogen-bond acceptors (Lipinski definition) is 4. The van der Waals surface area contributed by atoms with Gasteiger partial charge in [0.25, 0.3) is 0 Å². The number of ether oxygens (including phenoxy) is 1. The Balaban J connectivity index is 2.14. The van der Waals surface area contributed by atoms with E-state index in [4.69, 9.17) is 10.5 Å². The third kappa shape index (κ3) is 3.10.